The van der Waals surface area contributed by atoms with Crippen LogP contribution >= 0.6 is 0 Å². The van der Waals surface area contributed by atoms with Gasteiger partial charge in [-0.25, -0.2) is 4.79 Å². The quantitative estimate of drug-likeness (QED) is 0.719. The lowest BCUT2D eigenvalue weighted by atomic mass is 9.94. The van der Waals surface area contributed by atoms with E-state index in [1.165, 1.54) is 0 Å². The van der Waals surface area contributed by atoms with Crippen molar-refractivity contribution in [2.24, 2.45) is 17.6 Å². The molecular weight excluding hydrogens is 244 g/mol. The fraction of sp³-hybridized carbons (Fsp3) is 0.429. The Morgan fingerprint density at radius 3 is 2.26 bits per heavy atom. The number of nitrogens with two attached hydrogens (primary N) is 1. The van der Waals surface area contributed by atoms with Gasteiger partial charge in [-0.1, -0.05) is 44.2 Å². The van der Waals surface area contributed by atoms with E-state index in [1.807, 2.05) is 13.8 Å². The second-order valence-electron chi connectivity index (χ2n) is 4.78. The van der Waals surface area contributed by atoms with Gasteiger partial charge in [0.15, 0.2) is 6.04 Å². The molecule has 1 rings (SSSR count). The number of nitrogens with one attached hydrogen (secondary N) is 1. The Morgan fingerprint density at radius 2 is 1.84 bits per heavy atom. The van der Waals surface area contributed by atoms with E-state index in [0.717, 1.165) is 0 Å². The maximum atomic E-state index is 12.0. The number of hydrogen-bond donors (Lipinski definition) is 3. The molecule has 104 valence electrons. The number of benzene rings is 1. The minimum atomic E-state index is -1.08. The van der Waals surface area contributed by atoms with Gasteiger partial charge in [0.1, 0.15) is 0 Å². The van der Waals surface area contributed by atoms with Crippen LogP contribution in [0, 0.1) is 11.8 Å². The van der Waals surface area contributed by atoms with Crippen LogP contribution < -0.4 is 11.1 Å². The minimum Gasteiger partial charge on any atom is -0.479 e. The number of carbonyl (C=O) groups excluding carboxylic acids is 1. The fourth-order valence-electron chi connectivity index (χ4n) is 1.86. The number of hydrogen-bond acceptors (Lipinski definition) is 3. The van der Waals surface area contributed by atoms with Crippen molar-refractivity contribution in [3.05, 3.63) is 35.9 Å². The zero-order valence-electron chi connectivity index (χ0n) is 11.2. The lowest BCUT2D eigenvalue weighted by Crippen LogP contribution is -2.42. The summed E-state index contributed by atoms with van der Waals surface area (Å²) in [5.74, 6) is -1.73. The Hall–Kier alpha value is -1.88. The molecule has 0 heterocycles. The Kier molecular flexibility index (Phi) is 5.51. The highest BCUT2D eigenvalue weighted by Gasteiger charge is 2.27. The first-order valence-electron chi connectivity index (χ1n) is 6.25. The lowest BCUT2D eigenvalue weighted by molar-refractivity contribution is -0.142. The molecule has 4 N–H and O–H groups in total. The van der Waals surface area contributed by atoms with Crippen LogP contribution in [0.3, 0.4) is 0 Å². The summed E-state index contributed by atoms with van der Waals surface area (Å²) >= 11 is 0. The Morgan fingerprint density at radius 1 is 1.26 bits per heavy atom. The molecule has 0 aromatic heterocycles. The van der Waals surface area contributed by atoms with Crippen molar-refractivity contribution in [2.45, 2.75) is 19.9 Å². The number of carboxylic acids is 1. The monoisotopic (exact) mass is 264 g/mol. The molecule has 0 radical (unpaired) electrons. The summed E-state index contributed by atoms with van der Waals surface area (Å²) in [6.07, 6.45) is 0. The van der Waals surface area contributed by atoms with Crippen molar-refractivity contribution >= 4 is 11.9 Å². The molecule has 2 atom stereocenters. The molecule has 5 heteroatoms. The van der Waals surface area contributed by atoms with E-state index in [2.05, 4.69) is 5.32 Å². The Bertz CT molecular complexity index is 432. The lowest BCUT2D eigenvalue weighted by Gasteiger charge is -2.21. The summed E-state index contributed by atoms with van der Waals surface area (Å²) in [6, 6.07) is 7.57. The first kappa shape index (κ1) is 15.2. The summed E-state index contributed by atoms with van der Waals surface area (Å²) < 4.78 is 0. The smallest absolute Gasteiger partial charge is 0.330 e. The molecule has 0 fully saturated rings. The third-order valence-corrected chi connectivity index (χ3v) is 3.06. The van der Waals surface area contributed by atoms with Crippen molar-refractivity contribution in [1.82, 2.24) is 5.32 Å². The topological polar surface area (TPSA) is 92.4 Å². The van der Waals surface area contributed by atoms with Gasteiger partial charge in [0.2, 0.25) is 5.91 Å². The maximum absolute atomic E-state index is 12.0. The molecule has 0 aliphatic heterocycles. The average Bonchev–Trinajstić information content (AvgIpc) is 2.37. The van der Waals surface area contributed by atoms with E-state index >= 15 is 0 Å². The number of rotatable bonds is 6. The van der Waals surface area contributed by atoms with Gasteiger partial charge in [-0.3, -0.25) is 4.79 Å². The third kappa shape index (κ3) is 4.06. The van der Waals surface area contributed by atoms with Gasteiger partial charge in [0.05, 0.1) is 5.92 Å². The summed E-state index contributed by atoms with van der Waals surface area (Å²) in [4.78, 5) is 23.3. The molecule has 0 saturated carbocycles. The van der Waals surface area contributed by atoms with E-state index in [9.17, 15) is 14.7 Å². The number of carboxylic acid groups (broad SMARTS) is 1. The highest BCUT2D eigenvalue weighted by atomic mass is 16.4. The molecule has 1 amide bonds. The summed E-state index contributed by atoms with van der Waals surface area (Å²) in [7, 11) is 0. The molecule has 1 aromatic rings. The first-order valence-corrected chi connectivity index (χ1v) is 6.25. The Labute approximate surface area is 112 Å². The van der Waals surface area contributed by atoms with Gasteiger partial charge in [-0.2, -0.15) is 0 Å². The van der Waals surface area contributed by atoms with Gasteiger partial charge in [0.25, 0.3) is 0 Å². The van der Waals surface area contributed by atoms with E-state index in [1.54, 1.807) is 30.3 Å². The van der Waals surface area contributed by atoms with Crippen LogP contribution in [0.2, 0.25) is 0 Å². The molecule has 0 bridgehead atoms. The van der Waals surface area contributed by atoms with Crippen LogP contribution in [0.15, 0.2) is 30.3 Å². The van der Waals surface area contributed by atoms with Crippen LogP contribution in [0.25, 0.3) is 0 Å². The van der Waals surface area contributed by atoms with Gasteiger partial charge in [-0.05, 0) is 11.5 Å². The largest absolute Gasteiger partial charge is 0.479 e. The molecule has 1 unspecified atom stereocenters. The van der Waals surface area contributed by atoms with E-state index < -0.39 is 12.0 Å². The Balaban J connectivity index is 2.86. The third-order valence-electron chi connectivity index (χ3n) is 3.06. The van der Waals surface area contributed by atoms with Crippen molar-refractivity contribution in [3.63, 3.8) is 0 Å². The molecule has 0 spiro atoms. The van der Waals surface area contributed by atoms with Gasteiger partial charge >= 0.3 is 5.97 Å². The van der Waals surface area contributed by atoms with Gasteiger partial charge in [-0.15, -0.1) is 0 Å². The highest BCUT2D eigenvalue weighted by Crippen LogP contribution is 2.16. The van der Waals surface area contributed by atoms with Crippen molar-refractivity contribution in [1.29, 1.82) is 0 Å². The molecule has 0 aliphatic carbocycles. The van der Waals surface area contributed by atoms with Crippen LogP contribution in [-0.2, 0) is 9.59 Å². The highest BCUT2D eigenvalue weighted by molar-refractivity contribution is 5.86. The molecule has 0 aliphatic rings. The summed E-state index contributed by atoms with van der Waals surface area (Å²) in [6.45, 7) is 3.97. The maximum Gasteiger partial charge on any atom is 0.330 e. The normalized spacial score (nSPS) is 13.9. The van der Waals surface area contributed by atoms with Crippen molar-refractivity contribution < 1.29 is 14.7 Å². The van der Waals surface area contributed by atoms with Crippen LogP contribution in [0.4, 0.5) is 0 Å². The van der Waals surface area contributed by atoms with Crippen LogP contribution in [0.1, 0.15) is 25.5 Å². The van der Waals surface area contributed by atoms with Crippen molar-refractivity contribution in [2.75, 3.05) is 6.54 Å². The number of carbonyl (C=O) groups is 2. The van der Waals surface area contributed by atoms with E-state index in [4.69, 9.17) is 5.73 Å². The second kappa shape index (κ2) is 6.89. The fourth-order valence-corrected chi connectivity index (χ4v) is 1.86. The average molecular weight is 264 g/mol. The van der Waals surface area contributed by atoms with E-state index in [0.29, 0.717) is 5.56 Å². The molecule has 0 saturated heterocycles. The molecule has 19 heavy (non-hydrogen) atoms. The summed E-state index contributed by atoms with van der Waals surface area (Å²) in [5.41, 5.74) is 6.10. The minimum absolute atomic E-state index is 0.0650. The zero-order valence-corrected chi connectivity index (χ0v) is 11.2. The van der Waals surface area contributed by atoms with Gasteiger partial charge < -0.3 is 16.2 Å². The van der Waals surface area contributed by atoms with E-state index in [-0.39, 0.29) is 24.3 Å². The van der Waals surface area contributed by atoms with Crippen molar-refractivity contribution in [3.8, 4) is 0 Å². The second-order valence-corrected chi connectivity index (χ2v) is 4.78. The first-order chi connectivity index (χ1) is 8.97. The van der Waals surface area contributed by atoms with Gasteiger partial charge in [0, 0.05) is 6.54 Å². The van der Waals surface area contributed by atoms with Crippen LogP contribution in [0.5, 0.6) is 0 Å². The predicted octanol–water partition coefficient (Wildman–Crippen LogP) is 1.16. The molecular formula is C14H20N2O3. The molecule has 1 aromatic carbocycles. The molecule has 5 nitrogen and oxygen atoms in total. The number of amides is 1. The zero-order chi connectivity index (χ0) is 14.4. The SMILES string of the molecule is CC(C)C(CN)C(=O)N[C@H](C(=O)O)c1ccccc1. The standard InChI is InChI=1S/C14H20N2O3/c1-9(2)11(8-15)13(17)16-12(14(18)19)10-6-4-3-5-7-10/h3-7,9,11-12H,8,15H2,1-2H3,(H,16,17)(H,18,19)/t11?,12-/m0/s1. The summed E-state index contributed by atoms with van der Waals surface area (Å²) in [5, 5.41) is 11.8. The number of aliphatic carboxylic acids is 1. The predicted molar refractivity (Wildman–Crippen MR) is 72.3 cm³/mol. The van der Waals surface area contributed by atoms with Crippen LogP contribution in [-0.4, -0.2) is 23.5 Å².